The molecule has 1 rings (SSSR count). The number of amides is 1. The van der Waals surface area contributed by atoms with E-state index in [-0.39, 0.29) is 11.9 Å². The Kier molecular flexibility index (Phi) is 4.95. The minimum absolute atomic E-state index is 0.0285. The van der Waals surface area contributed by atoms with E-state index >= 15 is 0 Å². The number of rotatable bonds is 5. The summed E-state index contributed by atoms with van der Waals surface area (Å²) in [5.74, 6) is 0.507. The van der Waals surface area contributed by atoms with Gasteiger partial charge in [0.25, 0.3) is 5.91 Å². The van der Waals surface area contributed by atoms with Gasteiger partial charge in [0, 0.05) is 5.56 Å². The molecule has 1 aromatic rings. The molecule has 0 spiro atoms. The molecule has 17 heavy (non-hydrogen) atoms. The van der Waals surface area contributed by atoms with Crippen LogP contribution in [-0.2, 0) is 0 Å². The molecule has 1 atom stereocenters. The largest absolute Gasteiger partial charge is 0.346 e. The number of carbonyl (C=O) groups excluding carboxylic acids is 1. The van der Waals surface area contributed by atoms with Crippen LogP contribution in [0, 0.1) is 5.92 Å². The summed E-state index contributed by atoms with van der Waals surface area (Å²) in [6.45, 7) is 10.2. The summed E-state index contributed by atoms with van der Waals surface area (Å²) in [4.78, 5) is 12.0. The summed E-state index contributed by atoms with van der Waals surface area (Å²) in [6.07, 6.45) is 0.925. The van der Waals surface area contributed by atoms with Crippen molar-refractivity contribution in [2.24, 2.45) is 5.92 Å². The fraction of sp³-hybridized carbons (Fsp3) is 0.400. The summed E-state index contributed by atoms with van der Waals surface area (Å²) in [5, 5.41) is 3.03. The van der Waals surface area contributed by atoms with Crippen LogP contribution in [0.15, 0.2) is 42.5 Å². The third-order valence-electron chi connectivity index (χ3n) is 2.64. The predicted octanol–water partition coefficient (Wildman–Crippen LogP) is 3.41. The van der Waals surface area contributed by atoms with Crippen LogP contribution in [0.3, 0.4) is 0 Å². The molecule has 2 nitrogen and oxygen atoms in total. The first kappa shape index (κ1) is 13.5. The highest BCUT2D eigenvalue weighted by Crippen LogP contribution is 2.12. The first-order chi connectivity index (χ1) is 8.00. The average molecular weight is 231 g/mol. The van der Waals surface area contributed by atoms with Crippen LogP contribution in [-0.4, -0.2) is 11.9 Å². The van der Waals surface area contributed by atoms with Crippen molar-refractivity contribution in [1.29, 1.82) is 0 Å². The van der Waals surface area contributed by atoms with Crippen LogP contribution in [0.25, 0.3) is 0 Å². The molecule has 1 unspecified atom stereocenters. The zero-order valence-corrected chi connectivity index (χ0v) is 10.9. The van der Waals surface area contributed by atoms with Gasteiger partial charge in [0.05, 0.1) is 6.04 Å². The van der Waals surface area contributed by atoms with Gasteiger partial charge in [-0.05, 0) is 31.4 Å². The van der Waals surface area contributed by atoms with Crippen molar-refractivity contribution in [3.63, 3.8) is 0 Å². The van der Waals surface area contributed by atoms with Crippen molar-refractivity contribution in [2.75, 3.05) is 0 Å². The van der Waals surface area contributed by atoms with E-state index in [1.807, 2.05) is 37.3 Å². The van der Waals surface area contributed by atoms with Gasteiger partial charge in [-0.1, -0.05) is 44.2 Å². The van der Waals surface area contributed by atoms with E-state index in [1.54, 1.807) is 0 Å². The van der Waals surface area contributed by atoms with E-state index in [1.165, 1.54) is 0 Å². The van der Waals surface area contributed by atoms with Crippen molar-refractivity contribution in [3.8, 4) is 0 Å². The van der Waals surface area contributed by atoms with Crippen molar-refractivity contribution >= 4 is 5.91 Å². The molecule has 0 heterocycles. The Bertz CT molecular complexity index is 381. The quantitative estimate of drug-likeness (QED) is 0.773. The minimum Gasteiger partial charge on any atom is -0.346 e. The second kappa shape index (κ2) is 6.24. The second-order valence-electron chi connectivity index (χ2n) is 4.87. The summed E-state index contributed by atoms with van der Waals surface area (Å²) in [6, 6.07) is 9.34. The molecule has 0 radical (unpaired) electrons. The summed E-state index contributed by atoms with van der Waals surface area (Å²) in [5.41, 5.74) is 1.70. The highest BCUT2D eigenvalue weighted by molar-refractivity contribution is 5.94. The Morgan fingerprint density at radius 1 is 1.29 bits per heavy atom. The van der Waals surface area contributed by atoms with Crippen molar-refractivity contribution < 1.29 is 4.79 Å². The Labute approximate surface area is 104 Å². The van der Waals surface area contributed by atoms with E-state index in [0.717, 1.165) is 12.0 Å². The van der Waals surface area contributed by atoms with Crippen molar-refractivity contribution in [2.45, 2.75) is 33.2 Å². The first-order valence-electron chi connectivity index (χ1n) is 6.02. The van der Waals surface area contributed by atoms with Gasteiger partial charge in [-0.2, -0.15) is 0 Å². The van der Waals surface area contributed by atoms with Gasteiger partial charge in [-0.25, -0.2) is 0 Å². The second-order valence-corrected chi connectivity index (χ2v) is 4.87. The molecule has 0 aromatic heterocycles. The lowest BCUT2D eigenvalue weighted by Gasteiger charge is -2.20. The van der Waals surface area contributed by atoms with Gasteiger partial charge in [-0.15, -0.1) is 0 Å². The number of carbonyl (C=O) groups is 1. The maximum Gasteiger partial charge on any atom is 0.251 e. The molecule has 1 aromatic carbocycles. The van der Waals surface area contributed by atoms with Crippen LogP contribution in [0.4, 0.5) is 0 Å². The summed E-state index contributed by atoms with van der Waals surface area (Å²) in [7, 11) is 0. The Morgan fingerprint density at radius 3 is 2.35 bits per heavy atom. The Morgan fingerprint density at radius 2 is 1.88 bits per heavy atom. The standard InChI is InChI=1S/C15H21NO/c1-11(2)10-14(12(3)4)16-15(17)13-8-6-5-7-9-13/h5-9,11,14H,3,10H2,1-2,4H3,(H,16,17). The molecule has 2 heteroatoms. The molecule has 0 aliphatic carbocycles. The fourth-order valence-electron chi connectivity index (χ4n) is 1.69. The lowest BCUT2D eigenvalue weighted by atomic mass is 9.98. The maximum absolute atomic E-state index is 12.0. The number of nitrogens with one attached hydrogen (secondary N) is 1. The van der Waals surface area contributed by atoms with Gasteiger partial charge in [0.1, 0.15) is 0 Å². The molecule has 92 valence electrons. The highest BCUT2D eigenvalue weighted by Gasteiger charge is 2.15. The van der Waals surface area contributed by atoms with Crippen LogP contribution in [0.5, 0.6) is 0 Å². The first-order valence-corrected chi connectivity index (χ1v) is 6.02. The van der Waals surface area contributed by atoms with Crippen LogP contribution >= 0.6 is 0 Å². The monoisotopic (exact) mass is 231 g/mol. The topological polar surface area (TPSA) is 29.1 Å². The zero-order valence-electron chi connectivity index (χ0n) is 10.9. The molecule has 1 N–H and O–H groups in total. The van der Waals surface area contributed by atoms with Crippen molar-refractivity contribution in [1.82, 2.24) is 5.32 Å². The smallest absolute Gasteiger partial charge is 0.251 e. The van der Waals surface area contributed by atoms with Crippen LogP contribution in [0.2, 0.25) is 0 Å². The van der Waals surface area contributed by atoms with Crippen molar-refractivity contribution in [3.05, 3.63) is 48.0 Å². The molecule has 0 aliphatic rings. The summed E-state index contributed by atoms with van der Waals surface area (Å²) >= 11 is 0. The van der Waals surface area contributed by atoms with Gasteiger partial charge >= 0.3 is 0 Å². The van der Waals surface area contributed by atoms with Gasteiger partial charge < -0.3 is 5.32 Å². The lowest BCUT2D eigenvalue weighted by molar-refractivity contribution is 0.0939. The molecular formula is C15H21NO. The number of hydrogen-bond acceptors (Lipinski definition) is 1. The van der Waals surface area contributed by atoms with Gasteiger partial charge in [-0.3, -0.25) is 4.79 Å². The minimum atomic E-state index is -0.0285. The Balaban J connectivity index is 2.68. The third-order valence-corrected chi connectivity index (χ3v) is 2.64. The summed E-state index contributed by atoms with van der Waals surface area (Å²) < 4.78 is 0. The number of hydrogen-bond donors (Lipinski definition) is 1. The third kappa shape index (κ3) is 4.43. The van der Waals surface area contributed by atoms with Crippen LogP contribution < -0.4 is 5.32 Å². The highest BCUT2D eigenvalue weighted by atomic mass is 16.1. The van der Waals surface area contributed by atoms with Crippen LogP contribution in [0.1, 0.15) is 37.6 Å². The average Bonchev–Trinajstić information content (AvgIpc) is 2.28. The molecule has 1 amide bonds. The molecule has 0 fully saturated rings. The molecule has 0 saturated carbocycles. The normalized spacial score (nSPS) is 12.2. The fourth-order valence-corrected chi connectivity index (χ4v) is 1.69. The van der Waals surface area contributed by atoms with E-state index in [9.17, 15) is 4.79 Å². The SMILES string of the molecule is C=C(C)C(CC(C)C)NC(=O)c1ccccc1. The zero-order chi connectivity index (χ0) is 12.8. The van der Waals surface area contributed by atoms with Gasteiger partial charge in [0.15, 0.2) is 0 Å². The number of benzene rings is 1. The van der Waals surface area contributed by atoms with E-state index < -0.39 is 0 Å². The molecule has 0 saturated heterocycles. The van der Waals surface area contributed by atoms with E-state index in [2.05, 4.69) is 25.7 Å². The van der Waals surface area contributed by atoms with Gasteiger partial charge in [0.2, 0.25) is 0 Å². The maximum atomic E-state index is 12.0. The van der Waals surface area contributed by atoms with E-state index in [0.29, 0.717) is 11.5 Å². The predicted molar refractivity (Wildman–Crippen MR) is 72.0 cm³/mol. The Hall–Kier alpha value is -1.57. The van der Waals surface area contributed by atoms with E-state index in [4.69, 9.17) is 0 Å². The molecule has 0 bridgehead atoms. The molecule has 0 aliphatic heterocycles. The lowest BCUT2D eigenvalue weighted by Crippen LogP contribution is -2.36. The molecular weight excluding hydrogens is 210 g/mol.